The third-order valence-electron chi connectivity index (χ3n) is 4.15. The SMILES string of the molecule is Cn1cnnc1Sc1ccc(NC(=O)CC2Sc3ccc(Cl)cc3NC2=O)cc1. The van der Waals surface area contributed by atoms with Crippen LogP contribution in [0.2, 0.25) is 5.02 Å². The first kappa shape index (κ1) is 19.8. The van der Waals surface area contributed by atoms with Crippen LogP contribution in [0.4, 0.5) is 11.4 Å². The molecule has 0 saturated carbocycles. The molecule has 10 heteroatoms. The molecule has 0 bridgehead atoms. The molecular weight excluding hydrogens is 430 g/mol. The smallest absolute Gasteiger partial charge is 0.238 e. The van der Waals surface area contributed by atoms with Gasteiger partial charge in [-0.05, 0) is 54.2 Å². The van der Waals surface area contributed by atoms with Crippen molar-refractivity contribution in [1.82, 2.24) is 14.8 Å². The molecule has 148 valence electrons. The Labute approximate surface area is 180 Å². The van der Waals surface area contributed by atoms with Crippen LogP contribution in [-0.2, 0) is 16.6 Å². The average Bonchev–Trinajstić information content (AvgIpc) is 3.09. The molecule has 2 amide bonds. The number of hydrogen-bond acceptors (Lipinski definition) is 6. The Kier molecular flexibility index (Phi) is 5.79. The second-order valence-electron chi connectivity index (χ2n) is 6.34. The quantitative estimate of drug-likeness (QED) is 0.615. The predicted octanol–water partition coefficient (Wildman–Crippen LogP) is 4.06. The van der Waals surface area contributed by atoms with Gasteiger partial charge in [0.25, 0.3) is 0 Å². The maximum absolute atomic E-state index is 12.4. The number of carbonyl (C=O) groups excluding carboxylic acids is 2. The normalized spacial score (nSPS) is 15.5. The van der Waals surface area contributed by atoms with Crippen molar-refractivity contribution in [3.63, 3.8) is 0 Å². The summed E-state index contributed by atoms with van der Waals surface area (Å²) in [5.41, 5.74) is 1.35. The van der Waals surface area contributed by atoms with Gasteiger partial charge < -0.3 is 15.2 Å². The number of thioether (sulfide) groups is 1. The molecular formula is C19H16ClN5O2S2. The zero-order valence-corrected chi connectivity index (χ0v) is 17.6. The summed E-state index contributed by atoms with van der Waals surface area (Å²) < 4.78 is 1.83. The number of benzene rings is 2. The number of anilines is 2. The Morgan fingerprint density at radius 2 is 2.10 bits per heavy atom. The number of nitrogens with zero attached hydrogens (tertiary/aromatic N) is 3. The van der Waals surface area contributed by atoms with Gasteiger partial charge in [0.05, 0.1) is 10.9 Å². The minimum atomic E-state index is -0.491. The van der Waals surface area contributed by atoms with Gasteiger partial charge in [0, 0.05) is 34.0 Å². The van der Waals surface area contributed by atoms with Crippen molar-refractivity contribution in [2.75, 3.05) is 10.6 Å². The van der Waals surface area contributed by atoms with E-state index in [9.17, 15) is 9.59 Å². The second-order valence-corrected chi connectivity index (χ2v) is 9.06. The maximum Gasteiger partial charge on any atom is 0.238 e. The fourth-order valence-electron chi connectivity index (χ4n) is 2.71. The largest absolute Gasteiger partial charge is 0.326 e. The Hall–Kier alpha value is -2.49. The van der Waals surface area contributed by atoms with Crippen LogP contribution < -0.4 is 10.6 Å². The summed E-state index contributed by atoms with van der Waals surface area (Å²) in [5.74, 6) is -0.417. The fraction of sp³-hybridized carbons (Fsp3) is 0.158. The molecule has 3 aromatic rings. The summed E-state index contributed by atoms with van der Waals surface area (Å²) in [5, 5.41) is 14.4. The molecule has 4 rings (SSSR count). The molecule has 1 aliphatic heterocycles. The molecule has 7 nitrogen and oxygen atoms in total. The van der Waals surface area contributed by atoms with E-state index < -0.39 is 5.25 Å². The lowest BCUT2D eigenvalue weighted by Crippen LogP contribution is -2.32. The first-order valence-electron chi connectivity index (χ1n) is 8.67. The third-order valence-corrected chi connectivity index (χ3v) is 6.72. The molecule has 1 unspecified atom stereocenters. The van der Waals surface area contributed by atoms with Gasteiger partial charge >= 0.3 is 0 Å². The van der Waals surface area contributed by atoms with Crippen LogP contribution >= 0.6 is 35.1 Å². The van der Waals surface area contributed by atoms with Gasteiger partial charge in [-0.1, -0.05) is 11.6 Å². The molecule has 1 atom stereocenters. The van der Waals surface area contributed by atoms with Crippen molar-refractivity contribution in [2.24, 2.45) is 7.05 Å². The summed E-state index contributed by atoms with van der Waals surface area (Å²) in [7, 11) is 1.88. The standard InChI is InChI=1S/C19H16ClN5O2S2/c1-25-10-21-24-19(25)28-13-5-3-12(4-6-13)22-17(26)9-16-18(27)23-14-8-11(20)2-7-15(14)29-16/h2-8,10,16H,9H2,1H3,(H,22,26)(H,23,27). The summed E-state index contributed by atoms with van der Waals surface area (Å²) in [6.07, 6.45) is 1.72. The molecule has 29 heavy (non-hydrogen) atoms. The molecule has 2 N–H and O–H groups in total. The van der Waals surface area contributed by atoms with Gasteiger partial charge in [-0.25, -0.2) is 0 Å². The van der Waals surface area contributed by atoms with E-state index in [1.165, 1.54) is 23.5 Å². The molecule has 0 radical (unpaired) electrons. The fourth-order valence-corrected chi connectivity index (χ4v) is 4.74. The number of hydrogen-bond donors (Lipinski definition) is 2. The lowest BCUT2D eigenvalue weighted by atomic mass is 10.2. The van der Waals surface area contributed by atoms with Crippen molar-refractivity contribution in [3.05, 3.63) is 53.8 Å². The number of aromatic nitrogens is 3. The Balaban J connectivity index is 1.35. The van der Waals surface area contributed by atoms with E-state index >= 15 is 0 Å². The molecule has 2 aromatic carbocycles. The lowest BCUT2D eigenvalue weighted by molar-refractivity contribution is -0.120. The van der Waals surface area contributed by atoms with Crippen molar-refractivity contribution in [1.29, 1.82) is 0 Å². The number of fused-ring (bicyclic) bond motifs is 1. The van der Waals surface area contributed by atoms with Gasteiger partial charge in [-0.15, -0.1) is 22.0 Å². The first-order valence-corrected chi connectivity index (χ1v) is 10.7. The van der Waals surface area contributed by atoms with E-state index in [1.54, 1.807) is 18.5 Å². The van der Waals surface area contributed by atoms with Gasteiger partial charge in [-0.3, -0.25) is 9.59 Å². The van der Waals surface area contributed by atoms with E-state index in [0.717, 1.165) is 14.9 Å². The van der Waals surface area contributed by atoms with Crippen molar-refractivity contribution >= 4 is 58.3 Å². The van der Waals surface area contributed by atoms with Crippen LogP contribution in [-0.4, -0.2) is 31.8 Å². The van der Waals surface area contributed by atoms with Gasteiger partial charge in [0.1, 0.15) is 6.33 Å². The lowest BCUT2D eigenvalue weighted by Gasteiger charge is -2.23. The Bertz CT molecular complexity index is 1070. The molecule has 0 spiro atoms. The minimum Gasteiger partial charge on any atom is -0.326 e. The third kappa shape index (κ3) is 4.75. The summed E-state index contributed by atoms with van der Waals surface area (Å²) in [4.78, 5) is 26.6. The van der Waals surface area contributed by atoms with E-state index in [2.05, 4.69) is 20.8 Å². The Morgan fingerprint density at radius 3 is 2.83 bits per heavy atom. The van der Waals surface area contributed by atoms with E-state index in [0.29, 0.717) is 16.4 Å². The van der Waals surface area contributed by atoms with Gasteiger partial charge in [0.15, 0.2) is 5.16 Å². The van der Waals surface area contributed by atoms with Crippen LogP contribution in [0.5, 0.6) is 0 Å². The van der Waals surface area contributed by atoms with Crippen LogP contribution in [0.3, 0.4) is 0 Å². The summed E-state index contributed by atoms with van der Waals surface area (Å²) in [6.45, 7) is 0. The highest BCUT2D eigenvalue weighted by molar-refractivity contribution is 8.01. The van der Waals surface area contributed by atoms with E-state index in [1.807, 2.05) is 41.9 Å². The molecule has 1 aliphatic rings. The molecule has 0 fully saturated rings. The summed E-state index contributed by atoms with van der Waals surface area (Å²) >= 11 is 8.81. The molecule has 0 aliphatic carbocycles. The van der Waals surface area contributed by atoms with Crippen molar-refractivity contribution < 1.29 is 9.59 Å². The molecule has 1 aromatic heterocycles. The number of halogens is 1. The van der Waals surface area contributed by atoms with E-state index in [4.69, 9.17) is 11.6 Å². The maximum atomic E-state index is 12.4. The van der Waals surface area contributed by atoms with Gasteiger partial charge in [0.2, 0.25) is 11.8 Å². The van der Waals surface area contributed by atoms with Crippen LogP contribution in [0, 0.1) is 0 Å². The first-order chi connectivity index (χ1) is 14.0. The average molecular weight is 446 g/mol. The number of aryl methyl sites for hydroxylation is 1. The summed E-state index contributed by atoms with van der Waals surface area (Å²) in [6, 6.07) is 12.8. The zero-order valence-electron chi connectivity index (χ0n) is 15.3. The second kappa shape index (κ2) is 8.48. The highest BCUT2D eigenvalue weighted by Gasteiger charge is 2.29. The highest BCUT2D eigenvalue weighted by atomic mass is 35.5. The Morgan fingerprint density at radius 1 is 1.31 bits per heavy atom. The van der Waals surface area contributed by atoms with Crippen LogP contribution in [0.25, 0.3) is 0 Å². The van der Waals surface area contributed by atoms with Gasteiger partial charge in [-0.2, -0.15) is 0 Å². The molecule has 0 saturated heterocycles. The van der Waals surface area contributed by atoms with Crippen LogP contribution in [0.15, 0.2) is 63.7 Å². The number of nitrogens with one attached hydrogen (secondary N) is 2. The highest BCUT2D eigenvalue weighted by Crippen LogP contribution is 2.38. The number of carbonyl (C=O) groups is 2. The van der Waals surface area contributed by atoms with Crippen molar-refractivity contribution in [3.8, 4) is 0 Å². The molecule has 2 heterocycles. The zero-order chi connectivity index (χ0) is 20.4. The predicted molar refractivity (Wildman–Crippen MR) is 115 cm³/mol. The number of amides is 2. The van der Waals surface area contributed by atoms with E-state index in [-0.39, 0.29) is 18.2 Å². The monoisotopic (exact) mass is 445 g/mol. The number of rotatable bonds is 5. The topological polar surface area (TPSA) is 88.9 Å². The minimum absolute atomic E-state index is 0.0774. The van der Waals surface area contributed by atoms with Crippen LogP contribution in [0.1, 0.15) is 6.42 Å². The van der Waals surface area contributed by atoms with Crippen molar-refractivity contribution in [2.45, 2.75) is 26.6 Å².